The largest absolute Gasteiger partial charge is 0.338 e. The van der Waals surface area contributed by atoms with Gasteiger partial charge in [-0.2, -0.15) is 5.10 Å². The van der Waals surface area contributed by atoms with Gasteiger partial charge in [0.2, 0.25) is 0 Å². The summed E-state index contributed by atoms with van der Waals surface area (Å²) in [6.07, 6.45) is 15.7. The number of aromatic nitrogens is 2. The molecule has 0 radical (unpaired) electrons. The van der Waals surface area contributed by atoms with Crippen LogP contribution in [-0.4, -0.2) is 39.5 Å². The number of Topliss-reactive ketones (excluding diaryl/α,β-unsaturated/α-hetero) is 1. The van der Waals surface area contributed by atoms with Crippen LogP contribution in [0.25, 0.3) is 0 Å². The summed E-state index contributed by atoms with van der Waals surface area (Å²) in [5.74, 6) is 7.50. The van der Waals surface area contributed by atoms with Gasteiger partial charge in [-0.1, -0.05) is 20.3 Å². The number of carbonyl (C=O) groups excluding carboxylic acids is 2. The minimum absolute atomic E-state index is 0.0612. The minimum Gasteiger partial charge on any atom is -0.338 e. The van der Waals surface area contributed by atoms with Crippen LogP contribution in [0.5, 0.6) is 0 Å². The van der Waals surface area contributed by atoms with Gasteiger partial charge in [0.15, 0.2) is 5.78 Å². The standard InChI is InChI=1S/C29H41N3O2/c1-17-4-6-20-18(12-17)5-7-22-21(20)8-9-29(2)26(22)23-13-24(23)27(29)25(33)16-32-15-19(14-30-32)28(34)31-10-3-11-31/h14-15,17-18,20-24,26-27H,3-13,16H2,1-2H3/t17-,18+,20-,21+,22+,23?,24-,26?,27+,29-/m0/s1. The first-order valence-electron chi connectivity index (χ1n) is 14.3. The first kappa shape index (κ1) is 21.6. The maximum Gasteiger partial charge on any atom is 0.257 e. The molecule has 0 bridgehead atoms. The van der Waals surface area contributed by atoms with E-state index in [1.165, 1.54) is 51.4 Å². The molecule has 5 nitrogen and oxygen atoms in total. The Morgan fingerprint density at radius 1 is 1.00 bits per heavy atom. The number of amides is 1. The topological polar surface area (TPSA) is 55.2 Å². The third-order valence-corrected chi connectivity index (χ3v) is 11.7. The first-order valence-corrected chi connectivity index (χ1v) is 14.3. The Bertz CT molecular complexity index is 997. The first-order chi connectivity index (χ1) is 16.4. The number of fused-ring (bicyclic) bond motifs is 7. The number of likely N-dealkylation sites (tertiary alicyclic amines) is 1. The summed E-state index contributed by atoms with van der Waals surface area (Å²) in [4.78, 5) is 28.1. The van der Waals surface area contributed by atoms with Gasteiger partial charge >= 0.3 is 0 Å². The van der Waals surface area contributed by atoms with E-state index in [0.29, 0.717) is 23.8 Å². The molecule has 2 unspecified atom stereocenters. The fourth-order valence-electron chi connectivity index (χ4n) is 10.2. The van der Waals surface area contributed by atoms with E-state index in [0.717, 1.165) is 60.9 Å². The normalized spacial score (nSPS) is 46.5. The Labute approximate surface area is 204 Å². The monoisotopic (exact) mass is 463 g/mol. The Hall–Kier alpha value is -1.65. The minimum atomic E-state index is 0.0612. The van der Waals surface area contributed by atoms with Crippen molar-refractivity contribution in [3.05, 3.63) is 18.0 Å². The van der Waals surface area contributed by atoms with Crippen molar-refractivity contribution in [1.29, 1.82) is 0 Å². The van der Waals surface area contributed by atoms with Crippen molar-refractivity contribution in [3.63, 3.8) is 0 Å². The molecule has 1 amide bonds. The molecule has 34 heavy (non-hydrogen) atoms. The molecule has 6 aliphatic rings. The average Bonchev–Trinajstić information content (AvgIpc) is 3.27. The van der Waals surface area contributed by atoms with Crippen LogP contribution in [0.4, 0.5) is 0 Å². The summed E-state index contributed by atoms with van der Waals surface area (Å²) in [5, 5.41) is 4.42. The summed E-state index contributed by atoms with van der Waals surface area (Å²) >= 11 is 0. The number of ketones is 1. The quantitative estimate of drug-likeness (QED) is 0.627. The number of nitrogens with zero attached hydrogens (tertiary/aromatic N) is 3. The lowest BCUT2D eigenvalue weighted by Gasteiger charge is -2.57. The fourth-order valence-corrected chi connectivity index (χ4v) is 10.2. The van der Waals surface area contributed by atoms with Crippen molar-refractivity contribution in [2.45, 2.75) is 78.2 Å². The van der Waals surface area contributed by atoms with Crippen LogP contribution in [0.15, 0.2) is 12.4 Å². The van der Waals surface area contributed by atoms with Gasteiger partial charge in [0.05, 0.1) is 18.3 Å². The van der Waals surface area contributed by atoms with E-state index in [2.05, 4.69) is 18.9 Å². The molecule has 184 valence electrons. The van der Waals surface area contributed by atoms with Crippen molar-refractivity contribution >= 4 is 11.7 Å². The highest BCUT2D eigenvalue weighted by atomic mass is 16.2. The molecular weight excluding hydrogens is 422 g/mol. The SMILES string of the molecule is C[C@H]1CC[C@H]2[C@H](CC[C@H]3C4C5C[C@@H]5[C@H](C(=O)Cn5cc(C(=O)N6CCC6)cn5)[C@@]4(C)CC[C@H]23)C1. The Kier molecular flexibility index (Phi) is 4.88. The smallest absolute Gasteiger partial charge is 0.257 e. The van der Waals surface area contributed by atoms with Gasteiger partial charge in [-0.05, 0) is 104 Å². The maximum atomic E-state index is 13.8. The van der Waals surface area contributed by atoms with E-state index in [9.17, 15) is 9.59 Å². The summed E-state index contributed by atoms with van der Waals surface area (Å²) < 4.78 is 1.74. The van der Waals surface area contributed by atoms with Crippen LogP contribution >= 0.6 is 0 Å². The highest BCUT2D eigenvalue weighted by molar-refractivity contribution is 5.94. The van der Waals surface area contributed by atoms with Crippen LogP contribution < -0.4 is 0 Å². The van der Waals surface area contributed by atoms with E-state index < -0.39 is 0 Å². The van der Waals surface area contributed by atoms with E-state index in [4.69, 9.17) is 0 Å². The molecule has 1 aromatic rings. The molecule has 2 heterocycles. The number of hydrogen-bond acceptors (Lipinski definition) is 3. The second-order valence-electron chi connectivity index (χ2n) is 13.4. The second-order valence-corrected chi connectivity index (χ2v) is 13.4. The van der Waals surface area contributed by atoms with Crippen LogP contribution in [0.3, 0.4) is 0 Å². The molecule has 6 fully saturated rings. The lowest BCUT2D eigenvalue weighted by molar-refractivity contribution is -0.134. The van der Waals surface area contributed by atoms with E-state index >= 15 is 0 Å². The third kappa shape index (κ3) is 3.13. The number of rotatable bonds is 4. The lowest BCUT2D eigenvalue weighted by atomic mass is 9.48. The highest BCUT2D eigenvalue weighted by Crippen LogP contribution is 2.74. The molecule has 7 rings (SSSR count). The molecule has 5 saturated carbocycles. The van der Waals surface area contributed by atoms with Gasteiger partial charge in [-0.3, -0.25) is 14.3 Å². The van der Waals surface area contributed by atoms with E-state index in [-0.39, 0.29) is 17.2 Å². The van der Waals surface area contributed by atoms with Crippen molar-refractivity contribution in [2.75, 3.05) is 13.1 Å². The molecule has 5 aliphatic carbocycles. The molecule has 1 aromatic heterocycles. The van der Waals surface area contributed by atoms with Crippen molar-refractivity contribution in [2.24, 2.45) is 58.7 Å². The van der Waals surface area contributed by atoms with Crippen molar-refractivity contribution in [1.82, 2.24) is 14.7 Å². The molecule has 10 atom stereocenters. The number of hydrogen-bond donors (Lipinski definition) is 0. The Balaban J connectivity index is 1.08. The van der Waals surface area contributed by atoms with Gasteiger partial charge < -0.3 is 4.90 Å². The maximum absolute atomic E-state index is 13.8. The summed E-state index contributed by atoms with van der Waals surface area (Å²) in [6, 6.07) is 0. The van der Waals surface area contributed by atoms with Gasteiger partial charge in [-0.15, -0.1) is 0 Å². The van der Waals surface area contributed by atoms with Gasteiger partial charge in [0.25, 0.3) is 5.91 Å². The predicted molar refractivity (Wildman–Crippen MR) is 130 cm³/mol. The zero-order valence-corrected chi connectivity index (χ0v) is 21.0. The number of carbonyl (C=O) groups is 2. The second kappa shape index (κ2) is 7.67. The molecule has 5 heteroatoms. The van der Waals surface area contributed by atoms with E-state index in [1.54, 1.807) is 17.1 Å². The Morgan fingerprint density at radius 3 is 2.62 bits per heavy atom. The molecule has 0 N–H and O–H groups in total. The molecule has 1 aliphatic heterocycles. The third-order valence-electron chi connectivity index (χ3n) is 11.7. The van der Waals surface area contributed by atoms with Crippen molar-refractivity contribution in [3.8, 4) is 0 Å². The van der Waals surface area contributed by atoms with Crippen LogP contribution in [-0.2, 0) is 11.3 Å². The van der Waals surface area contributed by atoms with Gasteiger partial charge in [0, 0.05) is 25.2 Å². The zero-order chi connectivity index (χ0) is 23.2. The average molecular weight is 464 g/mol. The summed E-state index contributed by atoms with van der Waals surface area (Å²) in [7, 11) is 0. The van der Waals surface area contributed by atoms with Crippen LogP contribution in [0, 0.1) is 58.7 Å². The zero-order valence-electron chi connectivity index (χ0n) is 21.0. The van der Waals surface area contributed by atoms with Crippen LogP contribution in [0.2, 0.25) is 0 Å². The van der Waals surface area contributed by atoms with Crippen molar-refractivity contribution < 1.29 is 9.59 Å². The van der Waals surface area contributed by atoms with Gasteiger partial charge in [-0.25, -0.2) is 0 Å². The molecule has 0 aromatic carbocycles. The summed E-state index contributed by atoms with van der Waals surface area (Å²) in [6.45, 7) is 6.97. The van der Waals surface area contributed by atoms with Gasteiger partial charge in [0.1, 0.15) is 0 Å². The fraction of sp³-hybridized carbons (Fsp3) is 0.828. The molecule has 0 spiro atoms. The highest BCUT2D eigenvalue weighted by Gasteiger charge is 2.70. The predicted octanol–water partition coefficient (Wildman–Crippen LogP) is 5.06. The Morgan fingerprint density at radius 2 is 1.82 bits per heavy atom. The molecule has 1 saturated heterocycles. The van der Waals surface area contributed by atoms with E-state index in [1.807, 2.05) is 4.90 Å². The molecular formula is C29H41N3O2. The van der Waals surface area contributed by atoms with Crippen LogP contribution in [0.1, 0.15) is 82.0 Å². The lowest BCUT2D eigenvalue weighted by Crippen LogP contribution is -2.51. The summed E-state index contributed by atoms with van der Waals surface area (Å²) in [5.41, 5.74) is 0.815.